The van der Waals surface area contributed by atoms with Crippen molar-refractivity contribution in [2.24, 2.45) is 0 Å². The van der Waals surface area contributed by atoms with Gasteiger partial charge in [0.1, 0.15) is 6.04 Å². The minimum absolute atomic E-state index is 0.252. The number of anilines is 1. The Bertz CT molecular complexity index is 479. The summed E-state index contributed by atoms with van der Waals surface area (Å²) in [4.78, 5) is 22.8. The number of carboxylic acids is 1. The minimum Gasteiger partial charge on any atom is -0.480 e. The van der Waals surface area contributed by atoms with E-state index >= 15 is 0 Å². The molecule has 20 heavy (non-hydrogen) atoms. The topological polar surface area (TPSA) is 78.4 Å². The molecule has 0 aromatic heterocycles. The van der Waals surface area contributed by atoms with Gasteiger partial charge in [0.15, 0.2) is 0 Å². The Balaban J connectivity index is 2.68. The highest BCUT2D eigenvalue weighted by Gasteiger charge is 2.20. The lowest BCUT2D eigenvalue weighted by Crippen LogP contribution is -2.43. The molecule has 5 nitrogen and oxygen atoms in total. The number of carboxylic acid groups (broad SMARTS) is 1. The van der Waals surface area contributed by atoms with Crippen molar-refractivity contribution in [3.63, 3.8) is 0 Å². The molecule has 1 rings (SSSR count). The Morgan fingerprint density at radius 3 is 2.45 bits per heavy atom. The van der Waals surface area contributed by atoms with Crippen molar-refractivity contribution in [1.29, 1.82) is 0 Å². The van der Waals surface area contributed by atoms with Crippen molar-refractivity contribution in [1.82, 2.24) is 5.32 Å². The van der Waals surface area contributed by atoms with Crippen LogP contribution in [0.3, 0.4) is 0 Å². The van der Waals surface area contributed by atoms with Crippen LogP contribution in [0.25, 0.3) is 0 Å². The number of hydrogen-bond donors (Lipinski definition) is 3. The Labute approximate surface area is 131 Å². The van der Waals surface area contributed by atoms with Crippen LogP contribution in [0.1, 0.15) is 6.42 Å². The van der Waals surface area contributed by atoms with Gasteiger partial charge in [0.2, 0.25) is 0 Å². The predicted molar refractivity (Wildman–Crippen MR) is 83.0 cm³/mol. The van der Waals surface area contributed by atoms with Gasteiger partial charge < -0.3 is 15.7 Å². The molecule has 3 N–H and O–H groups in total. The fraction of sp³-hybridized carbons (Fsp3) is 0.333. The fourth-order valence-corrected chi connectivity index (χ4v) is 2.38. The molecule has 1 aromatic rings. The number of urea groups is 1. The van der Waals surface area contributed by atoms with Gasteiger partial charge in [-0.1, -0.05) is 29.3 Å². The second kappa shape index (κ2) is 8.24. The zero-order chi connectivity index (χ0) is 15.1. The summed E-state index contributed by atoms with van der Waals surface area (Å²) >= 11 is 13.3. The number of rotatable bonds is 6. The first-order valence-electron chi connectivity index (χ1n) is 5.69. The Morgan fingerprint density at radius 1 is 1.35 bits per heavy atom. The molecule has 1 atom stereocenters. The van der Waals surface area contributed by atoms with E-state index < -0.39 is 18.0 Å². The summed E-state index contributed by atoms with van der Waals surface area (Å²) in [6.45, 7) is 0. The van der Waals surface area contributed by atoms with Gasteiger partial charge in [-0.25, -0.2) is 9.59 Å². The van der Waals surface area contributed by atoms with E-state index in [2.05, 4.69) is 10.6 Å². The van der Waals surface area contributed by atoms with E-state index in [1.54, 1.807) is 18.2 Å². The molecule has 110 valence electrons. The van der Waals surface area contributed by atoms with Gasteiger partial charge in [-0.15, -0.1) is 0 Å². The van der Waals surface area contributed by atoms with E-state index in [0.29, 0.717) is 12.2 Å². The SMILES string of the molecule is CSCCC(NC(=O)Nc1c(Cl)cccc1Cl)C(=O)O. The lowest BCUT2D eigenvalue weighted by molar-refractivity contribution is -0.139. The first-order valence-corrected chi connectivity index (χ1v) is 7.84. The average Bonchev–Trinajstić information content (AvgIpc) is 2.38. The van der Waals surface area contributed by atoms with Gasteiger partial charge in [0.05, 0.1) is 15.7 Å². The van der Waals surface area contributed by atoms with Crippen molar-refractivity contribution < 1.29 is 14.7 Å². The molecule has 0 spiro atoms. The molecule has 0 heterocycles. The number of carbonyl (C=O) groups is 2. The van der Waals surface area contributed by atoms with E-state index in [4.69, 9.17) is 28.3 Å². The van der Waals surface area contributed by atoms with Crippen LogP contribution in [0.15, 0.2) is 18.2 Å². The number of para-hydroxylation sites is 1. The Kier molecular flexibility index (Phi) is 6.98. The monoisotopic (exact) mass is 336 g/mol. The summed E-state index contributed by atoms with van der Waals surface area (Å²) in [5, 5.41) is 14.4. The molecule has 8 heteroatoms. The van der Waals surface area contributed by atoms with E-state index in [1.165, 1.54) is 11.8 Å². The average molecular weight is 337 g/mol. The van der Waals surface area contributed by atoms with Gasteiger partial charge in [0, 0.05) is 0 Å². The Hall–Kier alpha value is -1.11. The van der Waals surface area contributed by atoms with Crippen LogP contribution >= 0.6 is 35.0 Å². The van der Waals surface area contributed by atoms with E-state index in [0.717, 1.165) is 0 Å². The van der Waals surface area contributed by atoms with Crippen LogP contribution in [-0.4, -0.2) is 35.2 Å². The van der Waals surface area contributed by atoms with Gasteiger partial charge >= 0.3 is 12.0 Å². The summed E-state index contributed by atoms with van der Waals surface area (Å²) in [6.07, 6.45) is 2.20. The highest BCUT2D eigenvalue weighted by molar-refractivity contribution is 7.98. The lowest BCUT2D eigenvalue weighted by Gasteiger charge is -2.15. The number of thioether (sulfide) groups is 1. The predicted octanol–water partition coefficient (Wildman–Crippen LogP) is 3.32. The summed E-state index contributed by atoms with van der Waals surface area (Å²) in [6, 6.07) is 3.18. The molecule has 0 bridgehead atoms. The quantitative estimate of drug-likeness (QED) is 0.744. The summed E-state index contributed by atoms with van der Waals surface area (Å²) in [7, 11) is 0. The van der Waals surface area contributed by atoms with Crippen molar-refractivity contribution in [3.8, 4) is 0 Å². The normalized spacial score (nSPS) is 11.8. The van der Waals surface area contributed by atoms with Gasteiger partial charge in [-0.3, -0.25) is 0 Å². The molecule has 0 aliphatic rings. The first kappa shape index (κ1) is 16.9. The maximum atomic E-state index is 11.8. The van der Waals surface area contributed by atoms with Crippen LogP contribution in [0, 0.1) is 0 Å². The third-order valence-corrected chi connectivity index (χ3v) is 3.69. The second-order valence-electron chi connectivity index (χ2n) is 3.87. The molecule has 0 aliphatic carbocycles. The molecule has 0 aliphatic heterocycles. The number of halogens is 2. The number of aliphatic carboxylic acids is 1. The summed E-state index contributed by atoms with van der Waals surface area (Å²) in [5.41, 5.74) is 0.252. The maximum absolute atomic E-state index is 11.8. The van der Waals surface area contributed by atoms with Crippen molar-refractivity contribution >= 4 is 52.7 Å². The molecule has 0 radical (unpaired) electrons. The van der Waals surface area contributed by atoms with Crippen LogP contribution in [0.2, 0.25) is 10.0 Å². The molecular formula is C12H14Cl2N2O3S. The van der Waals surface area contributed by atoms with E-state index in [1.807, 2.05) is 6.26 Å². The minimum atomic E-state index is -1.08. The zero-order valence-electron chi connectivity index (χ0n) is 10.7. The molecule has 0 saturated heterocycles. The number of hydrogen-bond acceptors (Lipinski definition) is 3. The first-order chi connectivity index (χ1) is 9.45. The molecular weight excluding hydrogens is 323 g/mol. The van der Waals surface area contributed by atoms with E-state index in [-0.39, 0.29) is 15.7 Å². The van der Waals surface area contributed by atoms with Crippen molar-refractivity contribution in [2.75, 3.05) is 17.3 Å². The highest BCUT2D eigenvalue weighted by atomic mass is 35.5. The summed E-state index contributed by atoms with van der Waals surface area (Å²) in [5.74, 6) is -0.455. The van der Waals surface area contributed by atoms with Gasteiger partial charge in [-0.2, -0.15) is 11.8 Å². The number of carbonyl (C=O) groups excluding carboxylic acids is 1. The van der Waals surface area contributed by atoms with Crippen LogP contribution in [0.4, 0.5) is 10.5 Å². The van der Waals surface area contributed by atoms with E-state index in [9.17, 15) is 9.59 Å². The molecule has 1 unspecified atom stereocenters. The standard InChI is InChI=1S/C12H14Cl2N2O3S/c1-20-6-5-9(11(17)18)15-12(19)16-10-7(13)3-2-4-8(10)14/h2-4,9H,5-6H2,1H3,(H,17,18)(H2,15,16,19). The number of nitrogens with one attached hydrogen (secondary N) is 2. The smallest absolute Gasteiger partial charge is 0.326 e. The molecule has 1 aromatic carbocycles. The van der Waals surface area contributed by atoms with Crippen LogP contribution < -0.4 is 10.6 Å². The van der Waals surface area contributed by atoms with Crippen molar-refractivity contribution in [3.05, 3.63) is 28.2 Å². The highest BCUT2D eigenvalue weighted by Crippen LogP contribution is 2.29. The third-order valence-electron chi connectivity index (χ3n) is 2.42. The molecule has 0 fully saturated rings. The number of amides is 2. The van der Waals surface area contributed by atoms with Crippen molar-refractivity contribution in [2.45, 2.75) is 12.5 Å². The molecule has 0 saturated carbocycles. The van der Waals surface area contributed by atoms with Crippen LogP contribution in [-0.2, 0) is 4.79 Å². The van der Waals surface area contributed by atoms with Gasteiger partial charge in [-0.05, 0) is 30.6 Å². The summed E-state index contributed by atoms with van der Waals surface area (Å²) < 4.78 is 0. The van der Waals surface area contributed by atoms with Crippen LogP contribution in [0.5, 0.6) is 0 Å². The number of benzene rings is 1. The zero-order valence-corrected chi connectivity index (χ0v) is 13.0. The van der Waals surface area contributed by atoms with Gasteiger partial charge in [0.25, 0.3) is 0 Å². The lowest BCUT2D eigenvalue weighted by atomic mass is 10.2. The molecule has 2 amide bonds. The Morgan fingerprint density at radius 2 is 1.95 bits per heavy atom. The maximum Gasteiger partial charge on any atom is 0.326 e. The largest absolute Gasteiger partial charge is 0.480 e. The second-order valence-corrected chi connectivity index (χ2v) is 5.67. The third kappa shape index (κ3) is 5.11. The fourth-order valence-electron chi connectivity index (χ4n) is 1.42.